The van der Waals surface area contributed by atoms with Gasteiger partial charge in [-0.25, -0.2) is 0 Å². The first kappa shape index (κ1) is 5.59. The topological polar surface area (TPSA) is 12.5 Å². The van der Waals surface area contributed by atoms with Gasteiger partial charge in [-0.1, -0.05) is 6.92 Å². The lowest BCUT2D eigenvalue weighted by Crippen LogP contribution is -2.48. The first-order chi connectivity index (χ1) is 4.72. The van der Waals surface area contributed by atoms with Gasteiger partial charge in [-0.3, -0.25) is 0 Å². The van der Waals surface area contributed by atoms with Crippen LogP contribution in [0.2, 0.25) is 0 Å². The van der Waals surface area contributed by atoms with E-state index in [0.717, 1.165) is 17.8 Å². The molecule has 0 spiro atoms. The van der Waals surface area contributed by atoms with Gasteiger partial charge in [0.15, 0.2) is 0 Å². The predicted octanol–water partition coefficient (Wildman–Crippen LogP) is 1.82. The van der Waals surface area contributed by atoms with Crippen LogP contribution in [0, 0.1) is 17.8 Å². The standard InChI is InChI=1S/C9H14O/c1-5-6-3-7(5)9(2)8(4-6)10-9/h5-8H,3-4H2,1-2H3. The smallest absolute Gasteiger partial charge is 0.0951 e. The largest absolute Gasteiger partial charge is 0.366 e. The molecule has 3 aliphatic carbocycles. The van der Waals surface area contributed by atoms with Crippen LogP contribution in [0.3, 0.4) is 0 Å². The fourth-order valence-corrected chi connectivity index (χ4v) is 3.11. The van der Waals surface area contributed by atoms with Gasteiger partial charge in [0.05, 0.1) is 11.7 Å². The average molecular weight is 138 g/mol. The van der Waals surface area contributed by atoms with E-state index in [2.05, 4.69) is 13.8 Å². The van der Waals surface area contributed by atoms with E-state index in [0.29, 0.717) is 11.7 Å². The summed E-state index contributed by atoms with van der Waals surface area (Å²) >= 11 is 0. The summed E-state index contributed by atoms with van der Waals surface area (Å²) in [5.74, 6) is 2.89. The van der Waals surface area contributed by atoms with Crippen LogP contribution in [0.4, 0.5) is 0 Å². The first-order valence-electron chi connectivity index (χ1n) is 4.39. The minimum atomic E-state index is 0.341. The van der Waals surface area contributed by atoms with E-state index >= 15 is 0 Å². The van der Waals surface area contributed by atoms with Crippen LogP contribution in [0.25, 0.3) is 0 Å². The molecule has 0 amide bonds. The number of hydrogen-bond acceptors (Lipinski definition) is 1. The molecule has 0 N–H and O–H groups in total. The summed E-state index contributed by atoms with van der Waals surface area (Å²) < 4.78 is 5.69. The van der Waals surface area contributed by atoms with Crippen LogP contribution in [0.15, 0.2) is 0 Å². The monoisotopic (exact) mass is 138 g/mol. The molecule has 2 bridgehead atoms. The Morgan fingerprint density at radius 1 is 1.40 bits per heavy atom. The summed E-state index contributed by atoms with van der Waals surface area (Å²) in [6.45, 7) is 4.69. The van der Waals surface area contributed by atoms with Gasteiger partial charge in [-0.2, -0.15) is 0 Å². The molecule has 1 aliphatic heterocycles. The molecule has 5 atom stereocenters. The number of hydrogen-bond donors (Lipinski definition) is 0. The molecule has 0 aromatic carbocycles. The number of epoxide rings is 1. The van der Waals surface area contributed by atoms with Gasteiger partial charge >= 0.3 is 0 Å². The molecule has 0 aromatic heterocycles. The van der Waals surface area contributed by atoms with Crippen molar-refractivity contribution in [3.05, 3.63) is 0 Å². The van der Waals surface area contributed by atoms with Crippen molar-refractivity contribution < 1.29 is 4.74 Å². The maximum Gasteiger partial charge on any atom is 0.0951 e. The molecule has 4 fully saturated rings. The van der Waals surface area contributed by atoms with Crippen LogP contribution in [-0.4, -0.2) is 11.7 Å². The van der Waals surface area contributed by atoms with Crippen LogP contribution in [-0.2, 0) is 4.74 Å². The molecule has 1 saturated heterocycles. The summed E-state index contributed by atoms with van der Waals surface area (Å²) in [6, 6.07) is 0. The summed E-state index contributed by atoms with van der Waals surface area (Å²) in [6.07, 6.45) is 3.47. The molecule has 4 aliphatic rings. The molecule has 3 saturated carbocycles. The fourth-order valence-electron chi connectivity index (χ4n) is 3.11. The van der Waals surface area contributed by atoms with Gasteiger partial charge in [-0.05, 0) is 37.5 Å². The van der Waals surface area contributed by atoms with Crippen LogP contribution < -0.4 is 0 Å². The third-order valence-electron chi connectivity index (χ3n) is 4.17. The Morgan fingerprint density at radius 3 is 2.70 bits per heavy atom. The third-order valence-corrected chi connectivity index (χ3v) is 4.17. The van der Waals surface area contributed by atoms with Gasteiger partial charge in [0, 0.05) is 0 Å². The quantitative estimate of drug-likeness (QED) is 0.465. The minimum absolute atomic E-state index is 0.341. The molecule has 56 valence electrons. The van der Waals surface area contributed by atoms with Gasteiger partial charge in [-0.15, -0.1) is 0 Å². The SMILES string of the molecule is CC1C2CC3OC3(C)C1C2. The van der Waals surface area contributed by atoms with Crippen LogP contribution >= 0.6 is 0 Å². The highest BCUT2D eigenvalue weighted by Crippen LogP contribution is 2.64. The highest BCUT2D eigenvalue weighted by Gasteiger charge is 2.68. The zero-order valence-corrected chi connectivity index (χ0v) is 6.63. The van der Waals surface area contributed by atoms with Crippen molar-refractivity contribution in [1.29, 1.82) is 0 Å². The summed E-state index contributed by atoms with van der Waals surface area (Å²) in [7, 11) is 0. The second-order valence-corrected chi connectivity index (χ2v) is 4.49. The number of ether oxygens (including phenoxy) is 1. The van der Waals surface area contributed by atoms with Crippen molar-refractivity contribution >= 4 is 0 Å². The Labute approximate surface area is 61.8 Å². The Bertz CT molecular complexity index is 189. The van der Waals surface area contributed by atoms with Gasteiger partial charge in [0.2, 0.25) is 0 Å². The highest BCUT2D eigenvalue weighted by molar-refractivity contribution is 5.16. The molecule has 5 unspecified atom stereocenters. The van der Waals surface area contributed by atoms with E-state index in [1.54, 1.807) is 0 Å². The van der Waals surface area contributed by atoms with Gasteiger partial charge in [0.25, 0.3) is 0 Å². The molecule has 0 radical (unpaired) electrons. The highest BCUT2D eigenvalue weighted by atomic mass is 16.6. The fraction of sp³-hybridized carbons (Fsp3) is 1.00. The van der Waals surface area contributed by atoms with Crippen molar-refractivity contribution in [2.24, 2.45) is 17.8 Å². The van der Waals surface area contributed by atoms with E-state index < -0.39 is 0 Å². The maximum atomic E-state index is 5.69. The molecule has 10 heavy (non-hydrogen) atoms. The molecule has 1 nitrogen and oxygen atoms in total. The second-order valence-electron chi connectivity index (χ2n) is 4.49. The van der Waals surface area contributed by atoms with Crippen molar-refractivity contribution in [2.45, 2.75) is 38.4 Å². The zero-order valence-electron chi connectivity index (χ0n) is 6.63. The molecule has 4 rings (SSSR count). The third kappa shape index (κ3) is 0.402. The minimum Gasteiger partial charge on any atom is -0.366 e. The Kier molecular flexibility index (Phi) is 0.722. The van der Waals surface area contributed by atoms with E-state index in [9.17, 15) is 0 Å². The first-order valence-corrected chi connectivity index (χ1v) is 4.39. The second kappa shape index (κ2) is 1.29. The van der Waals surface area contributed by atoms with E-state index in [1.807, 2.05) is 0 Å². The molecular weight excluding hydrogens is 124 g/mol. The summed E-state index contributed by atoms with van der Waals surface area (Å²) in [5, 5.41) is 0. The van der Waals surface area contributed by atoms with Crippen molar-refractivity contribution in [1.82, 2.24) is 0 Å². The average Bonchev–Trinajstić information content (AvgIpc) is 2.57. The Morgan fingerprint density at radius 2 is 2.20 bits per heavy atom. The Hall–Kier alpha value is -0.0400. The predicted molar refractivity (Wildman–Crippen MR) is 38.7 cm³/mol. The lowest BCUT2D eigenvalue weighted by atomic mass is 9.54. The normalized spacial score (nSPS) is 70.2. The van der Waals surface area contributed by atoms with E-state index in [4.69, 9.17) is 4.74 Å². The molecule has 1 heterocycles. The Balaban J connectivity index is 1.94. The van der Waals surface area contributed by atoms with E-state index in [1.165, 1.54) is 12.8 Å². The van der Waals surface area contributed by atoms with Gasteiger partial charge < -0.3 is 4.74 Å². The van der Waals surface area contributed by atoms with Crippen molar-refractivity contribution in [3.63, 3.8) is 0 Å². The van der Waals surface area contributed by atoms with Crippen LogP contribution in [0.1, 0.15) is 26.7 Å². The summed E-state index contributed by atoms with van der Waals surface area (Å²) in [5.41, 5.74) is 0.341. The summed E-state index contributed by atoms with van der Waals surface area (Å²) in [4.78, 5) is 0. The van der Waals surface area contributed by atoms with E-state index in [-0.39, 0.29) is 0 Å². The maximum absolute atomic E-state index is 5.69. The molecular formula is C9H14O. The lowest BCUT2D eigenvalue weighted by molar-refractivity contribution is 0.00827. The van der Waals surface area contributed by atoms with Crippen molar-refractivity contribution in [2.75, 3.05) is 0 Å². The number of rotatable bonds is 0. The molecule has 0 aromatic rings. The van der Waals surface area contributed by atoms with Crippen molar-refractivity contribution in [3.8, 4) is 0 Å². The van der Waals surface area contributed by atoms with Gasteiger partial charge in [0.1, 0.15) is 0 Å². The lowest BCUT2D eigenvalue weighted by Gasteiger charge is -2.48. The molecule has 1 heteroatoms. The zero-order chi connectivity index (χ0) is 6.93. The van der Waals surface area contributed by atoms with Crippen LogP contribution in [0.5, 0.6) is 0 Å².